The third kappa shape index (κ3) is 2.91. The van der Waals surface area contributed by atoms with Crippen molar-refractivity contribution in [3.63, 3.8) is 0 Å². The minimum absolute atomic E-state index is 0.0191. The van der Waals surface area contributed by atoms with Crippen LogP contribution in [-0.2, 0) is 5.41 Å². The zero-order valence-corrected chi connectivity index (χ0v) is 14.1. The highest BCUT2D eigenvalue weighted by Gasteiger charge is 2.22. The van der Waals surface area contributed by atoms with E-state index in [2.05, 4.69) is 43.5 Å². The van der Waals surface area contributed by atoms with Crippen molar-refractivity contribution >= 4 is 17.4 Å². The monoisotopic (exact) mass is 303 g/mol. The molecule has 0 spiro atoms. The molecule has 1 heterocycles. The molecule has 21 heavy (non-hydrogen) atoms. The number of hydrogen-bond acceptors (Lipinski definition) is 1. The third-order valence-corrected chi connectivity index (χ3v) is 4.05. The van der Waals surface area contributed by atoms with Gasteiger partial charge < -0.3 is 4.57 Å². The van der Waals surface area contributed by atoms with Crippen LogP contribution in [0.15, 0.2) is 30.3 Å². The Balaban J connectivity index is 2.69. The molecule has 0 amide bonds. The molecule has 0 aliphatic rings. The average molecular weight is 304 g/mol. The Morgan fingerprint density at radius 3 is 2.38 bits per heavy atom. The highest BCUT2D eigenvalue weighted by atomic mass is 35.5. The zero-order valence-electron chi connectivity index (χ0n) is 13.3. The second-order valence-corrected chi connectivity index (χ2v) is 6.71. The molecule has 1 aromatic carbocycles. The van der Waals surface area contributed by atoms with Gasteiger partial charge in [-0.15, -0.1) is 11.6 Å². The smallest absolute Gasteiger partial charge is 0.179 e. The Labute approximate surface area is 131 Å². The molecular weight excluding hydrogens is 282 g/mol. The maximum Gasteiger partial charge on any atom is 0.179 e. The normalized spacial score (nSPS) is 11.7. The first-order valence-corrected chi connectivity index (χ1v) is 7.68. The SMILES string of the molecule is Cc1cc(C(=O)CCl)c(C)n1-c1ccccc1C(C)(C)C. The lowest BCUT2D eigenvalue weighted by Crippen LogP contribution is -2.16. The zero-order chi connectivity index (χ0) is 15.8. The van der Waals surface area contributed by atoms with Crippen molar-refractivity contribution < 1.29 is 4.79 Å². The lowest BCUT2D eigenvalue weighted by Gasteiger charge is -2.24. The van der Waals surface area contributed by atoms with Gasteiger partial charge in [-0.3, -0.25) is 4.79 Å². The number of nitrogens with zero attached hydrogens (tertiary/aromatic N) is 1. The number of ketones is 1. The summed E-state index contributed by atoms with van der Waals surface area (Å²) in [4.78, 5) is 12.0. The van der Waals surface area contributed by atoms with Crippen molar-refractivity contribution in [2.45, 2.75) is 40.0 Å². The molecule has 112 valence electrons. The molecule has 0 bridgehead atoms. The number of carbonyl (C=O) groups is 1. The molecule has 3 heteroatoms. The summed E-state index contributed by atoms with van der Waals surface area (Å²) in [5.41, 5.74) is 5.15. The fourth-order valence-electron chi connectivity index (χ4n) is 2.79. The van der Waals surface area contributed by atoms with Gasteiger partial charge in [0.05, 0.1) is 5.88 Å². The minimum Gasteiger partial charge on any atom is -0.317 e. The van der Waals surface area contributed by atoms with Crippen LogP contribution in [0.25, 0.3) is 5.69 Å². The lowest BCUT2D eigenvalue weighted by molar-refractivity contribution is 0.102. The largest absolute Gasteiger partial charge is 0.317 e. The fraction of sp³-hybridized carbons (Fsp3) is 0.389. The number of halogens is 1. The van der Waals surface area contributed by atoms with E-state index in [0.29, 0.717) is 5.56 Å². The molecule has 0 aliphatic heterocycles. The van der Waals surface area contributed by atoms with Crippen molar-refractivity contribution in [3.05, 3.63) is 52.8 Å². The number of hydrogen-bond donors (Lipinski definition) is 0. The van der Waals surface area contributed by atoms with Gasteiger partial charge in [0.25, 0.3) is 0 Å². The van der Waals surface area contributed by atoms with Gasteiger partial charge in [0.1, 0.15) is 0 Å². The molecule has 2 aromatic rings. The van der Waals surface area contributed by atoms with Gasteiger partial charge in [0.2, 0.25) is 0 Å². The molecule has 0 N–H and O–H groups in total. The standard InChI is InChI=1S/C18H22ClNO/c1-12-10-14(17(21)11-19)13(2)20(12)16-9-7-6-8-15(16)18(3,4)5/h6-10H,11H2,1-5H3. The molecule has 0 saturated heterocycles. The van der Waals surface area contributed by atoms with Crippen LogP contribution in [0.4, 0.5) is 0 Å². The number of aryl methyl sites for hydroxylation is 1. The molecular formula is C18H22ClNO. The van der Waals surface area contributed by atoms with Crippen molar-refractivity contribution in [1.29, 1.82) is 0 Å². The predicted molar refractivity (Wildman–Crippen MR) is 89.0 cm³/mol. The average Bonchev–Trinajstić information content (AvgIpc) is 2.72. The van der Waals surface area contributed by atoms with E-state index in [4.69, 9.17) is 11.6 Å². The van der Waals surface area contributed by atoms with Crippen LogP contribution in [0.5, 0.6) is 0 Å². The number of alkyl halides is 1. The quantitative estimate of drug-likeness (QED) is 0.589. The van der Waals surface area contributed by atoms with Crippen molar-refractivity contribution in [2.24, 2.45) is 0 Å². The molecule has 2 rings (SSSR count). The maximum atomic E-state index is 12.0. The van der Waals surface area contributed by atoms with Gasteiger partial charge in [-0.1, -0.05) is 39.0 Å². The number of rotatable bonds is 3. The Morgan fingerprint density at radius 1 is 1.19 bits per heavy atom. The number of para-hydroxylation sites is 1. The van der Waals surface area contributed by atoms with Gasteiger partial charge in [-0.2, -0.15) is 0 Å². The van der Waals surface area contributed by atoms with Gasteiger partial charge >= 0.3 is 0 Å². The Kier molecular flexibility index (Phi) is 4.29. The molecule has 0 unspecified atom stereocenters. The van der Waals surface area contributed by atoms with Gasteiger partial charge in [0.15, 0.2) is 5.78 Å². The van der Waals surface area contributed by atoms with Crippen molar-refractivity contribution in [2.75, 3.05) is 5.88 Å². The van der Waals surface area contributed by atoms with Gasteiger partial charge in [0, 0.05) is 22.6 Å². The highest BCUT2D eigenvalue weighted by molar-refractivity contribution is 6.30. The molecule has 1 aromatic heterocycles. The summed E-state index contributed by atoms with van der Waals surface area (Å²) >= 11 is 5.71. The molecule has 0 aliphatic carbocycles. The Morgan fingerprint density at radius 2 is 1.81 bits per heavy atom. The first-order valence-electron chi connectivity index (χ1n) is 7.15. The van der Waals surface area contributed by atoms with Crippen LogP contribution in [0.1, 0.15) is 48.1 Å². The van der Waals surface area contributed by atoms with E-state index in [-0.39, 0.29) is 17.1 Å². The number of carbonyl (C=O) groups excluding carboxylic acids is 1. The van der Waals surface area contributed by atoms with Crippen LogP contribution in [0.3, 0.4) is 0 Å². The van der Waals surface area contributed by atoms with E-state index >= 15 is 0 Å². The van der Waals surface area contributed by atoms with Gasteiger partial charge in [-0.25, -0.2) is 0 Å². The lowest BCUT2D eigenvalue weighted by atomic mass is 9.85. The Hall–Kier alpha value is -1.54. The number of benzene rings is 1. The summed E-state index contributed by atoms with van der Waals surface area (Å²) in [6, 6.07) is 10.3. The minimum atomic E-state index is -0.0238. The van der Waals surface area contributed by atoms with Crippen LogP contribution in [0.2, 0.25) is 0 Å². The molecule has 0 fully saturated rings. The van der Waals surface area contributed by atoms with E-state index < -0.39 is 0 Å². The first-order chi connectivity index (χ1) is 9.77. The topological polar surface area (TPSA) is 22.0 Å². The predicted octanol–water partition coefficient (Wildman–Crippen LogP) is 4.81. The molecule has 0 radical (unpaired) electrons. The second kappa shape index (κ2) is 5.69. The summed E-state index contributed by atoms with van der Waals surface area (Å²) in [6.45, 7) is 10.6. The van der Waals surface area contributed by atoms with E-state index in [9.17, 15) is 4.79 Å². The third-order valence-electron chi connectivity index (χ3n) is 3.81. The molecule has 2 nitrogen and oxygen atoms in total. The van der Waals surface area contributed by atoms with E-state index in [0.717, 1.165) is 17.1 Å². The highest BCUT2D eigenvalue weighted by Crippen LogP contribution is 2.31. The summed E-state index contributed by atoms with van der Waals surface area (Å²) in [5.74, 6) is -0.00478. The summed E-state index contributed by atoms with van der Waals surface area (Å²) < 4.78 is 2.15. The summed E-state index contributed by atoms with van der Waals surface area (Å²) in [6.07, 6.45) is 0. The van der Waals surface area contributed by atoms with Gasteiger partial charge in [-0.05, 0) is 37.0 Å². The fourth-order valence-corrected chi connectivity index (χ4v) is 2.93. The number of Topliss-reactive ketones (excluding diaryl/α,β-unsaturated/α-hetero) is 1. The van der Waals surface area contributed by atoms with E-state index in [1.54, 1.807) is 0 Å². The maximum absolute atomic E-state index is 12.0. The van der Waals surface area contributed by atoms with Crippen LogP contribution >= 0.6 is 11.6 Å². The van der Waals surface area contributed by atoms with Crippen LogP contribution in [0, 0.1) is 13.8 Å². The molecule has 0 saturated carbocycles. The first kappa shape index (κ1) is 15.8. The van der Waals surface area contributed by atoms with E-state index in [1.165, 1.54) is 5.56 Å². The van der Waals surface area contributed by atoms with Crippen molar-refractivity contribution in [1.82, 2.24) is 4.57 Å². The molecule has 0 atom stereocenters. The second-order valence-electron chi connectivity index (χ2n) is 6.44. The van der Waals surface area contributed by atoms with Crippen LogP contribution in [-0.4, -0.2) is 16.2 Å². The Bertz CT molecular complexity index is 677. The van der Waals surface area contributed by atoms with E-state index in [1.807, 2.05) is 26.0 Å². The van der Waals surface area contributed by atoms with Crippen LogP contribution < -0.4 is 0 Å². The number of aromatic nitrogens is 1. The summed E-state index contributed by atoms with van der Waals surface area (Å²) in [7, 11) is 0. The van der Waals surface area contributed by atoms with Crippen molar-refractivity contribution in [3.8, 4) is 5.69 Å². The summed E-state index contributed by atoms with van der Waals surface area (Å²) in [5, 5.41) is 0.